The third kappa shape index (κ3) is 2.14. The van der Waals surface area contributed by atoms with E-state index in [2.05, 4.69) is 15.6 Å². The Morgan fingerprint density at radius 1 is 1.57 bits per heavy atom. The summed E-state index contributed by atoms with van der Waals surface area (Å²) in [5.74, 6) is 0.128. The summed E-state index contributed by atoms with van der Waals surface area (Å²) in [6.07, 6.45) is 3.89. The van der Waals surface area contributed by atoms with Crippen LogP contribution in [0.2, 0.25) is 0 Å². The van der Waals surface area contributed by atoms with E-state index in [1.54, 1.807) is 0 Å². The Bertz CT molecular complexity index is 294. The highest BCUT2D eigenvalue weighted by Gasteiger charge is 2.20. The Labute approximate surface area is 83.1 Å². The Kier molecular flexibility index (Phi) is 2.84. The molecule has 1 aromatic heterocycles. The van der Waals surface area contributed by atoms with E-state index in [0.29, 0.717) is 0 Å². The molecule has 1 aliphatic rings. The molecule has 1 amide bonds. The molecule has 0 saturated carbocycles. The number of hydrogen-bond acceptors (Lipinski definition) is 2. The molecule has 0 aromatic carbocycles. The van der Waals surface area contributed by atoms with Crippen molar-refractivity contribution in [3.8, 4) is 0 Å². The number of aromatic amines is 1. The normalized spacial score (nSPS) is 22.0. The van der Waals surface area contributed by atoms with Gasteiger partial charge in [0.05, 0.1) is 6.04 Å². The Morgan fingerprint density at radius 3 is 3.21 bits per heavy atom. The summed E-state index contributed by atoms with van der Waals surface area (Å²) in [5.41, 5.74) is 1.11. The van der Waals surface area contributed by atoms with E-state index in [1.807, 2.05) is 18.3 Å². The molecule has 0 bridgehead atoms. The van der Waals surface area contributed by atoms with Crippen LogP contribution in [0, 0.1) is 0 Å². The molecule has 14 heavy (non-hydrogen) atoms. The van der Waals surface area contributed by atoms with Crippen molar-refractivity contribution < 1.29 is 4.79 Å². The maximum Gasteiger partial charge on any atom is 0.237 e. The molecule has 2 heterocycles. The quantitative estimate of drug-likeness (QED) is 0.650. The van der Waals surface area contributed by atoms with E-state index in [4.69, 9.17) is 0 Å². The summed E-state index contributed by atoms with van der Waals surface area (Å²) in [6.45, 7) is 1.55. The average Bonchev–Trinajstić information content (AvgIpc) is 2.69. The lowest BCUT2D eigenvalue weighted by molar-refractivity contribution is -0.124. The van der Waals surface area contributed by atoms with Gasteiger partial charge in [-0.2, -0.15) is 0 Å². The maximum atomic E-state index is 11.4. The minimum absolute atomic E-state index is 0.0213. The van der Waals surface area contributed by atoms with Crippen molar-refractivity contribution in [2.75, 3.05) is 6.54 Å². The van der Waals surface area contributed by atoms with E-state index in [-0.39, 0.29) is 11.9 Å². The van der Waals surface area contributed by atoms with Crippen LogP contribution in [0.4, 0.5) is 0 Å². The number of rotatable bonds is 3. The average molecular weight is 193 g/mol. The Morgan fingerprint density at radius 2 is 2.50 bits per heavy atom. The summed E-state index contributed by atoms with van der Waals surface area (Å²) in [4.78, 5) is 14.5. The molecule has 1 saturated heterocycles. The summed E-state index contributed by atoms with van der Waals surface area (Å²) < 4.78 is 0. The van der Waals surface area contributed by atoms with Gasteiger partial charge in [-0.15, -0.1) is 0 Å². The number of nitrogens with one attached hydrogen (secondary N) is 3. The molecule has 4 heteroatoms. The lowest BCUT2D eigenvalue weighted by Crippen LogP contribution is -2.47. The summed E-state index contributed by atoms with van der Waals surface area (Å²) >= 11 is 0. The molecule has 1 fully saturated rings. The van der Waals surface area contributed by atoms with Crippen molar-refractivity contribution in [2.24, 2.45) is 0 Å². The first-order valence-corrected chi connectivity index (χ1v) is 4.99. The zero-order chi connectivity index (χ0) is 9.80. The van der Waals surface area contributed by atoms with Gasteiger partial charge in [0.25, 0.3) is 0 Å². The van der Waals surface area contributed by atoms with Crippen molar-refractivity contribution in [3.63, 3.8) is 0 Å². The predicted octanol–water partition coefficient (Wildman–Crippen LogP) is 0.383. The van der Waals surface area contributed by atoms with E-state index < -0.39 is 0 Å². The smallest absolute Gasteiger partial charge is 0.237 e. The number of carbonyl (C=O) groups excluding carboxylic acids is 1. The highest BCUT2D eigenvalue weighted by Crippen LogP contribution is 2.04. The van der Waals surface area contributed by atoms with Crippen molar-refractivity contribution in [1.29, 1.82) is 0 Å². The van der Waals surface area contributed by atoms with Crippen LogP contribution in [0.1, 0.15) is 18.5 Å². The number of amides is 1. The third-order valence-corrected chi connectivity index (χ3v) is 2.49. The van der Waals surface area contributed by atoms with Crippen molar-refractivity contribution in [1.82, 2.24) is 15.6 Å². The van der Waals surface area contributed by atoms with Gasteiger partial charge in [0.1, 0.15) is 0 Å². The van der Waals surface area contributed by atoms with Crippen LogP contribution in [0.3, 0.4) is 0 Å². The van der Waals surface area contributed by atoms with E-state index >= 15 is 0 Å². The molecule has 3 N–H and O–H groups in total. The van der Waals surface area contributed by atoms with Crippen molar-refractivity contribution >= 4 is 5.91 Å². The van der Waals surface area contributed by atoms with Gasteiger partial charge in [-0.25, -0.2) is 0 Å². The molecule has 1 aliphatic heterocycles. The van der Waals surface area contributed by atoms with E-state index in [9.17, 15) is 4.79 Å². The molecular formula is C10H15N3O. The number of hydrogen-bond donors (Lipinski definition) is 3. The van der Waals surface area contributed by atoms with Gasteiger partial charge < -0.3 is 15.6 Å². The molecule has 1 atom stereocenters. The van der Waals surface area contributed by atoms with Crippen LogP contribution >= 0.6 is 0 Å². The Hall–Kier alpha value is -1.29. The first kappa shape index (κ1) is 9.27. The standard InChI is InChI=1S/C10H15N3O/c14-10-9(4-2-6-12-10)13-7-8-3-1-5-11-8/h1,3,5,9,11,13H,2,4,6-7H2,(H,12,14). The Balaban J connectivity index is 1.82. The zero-order valence-electron chi connectivity index (χ0n) is 8.05. The first-order valence-electron chi connectivity index (χ1n) is 4.99. The third-order valence-electron chi connectivity index (χ3n) is 2.49. The minimum atomic E-state index is -0.0213. The second-order valence-electron chi connectivity index (χ2n) is 3.56. The van der Waals surface area contributed by atoms with Crippen LogP contribution in [0.5, 0.6) is 0 Å². The summed E-state index contributed by atoms with van der Waals surface area (Å²) in [5, 5.41) is 6.08. The second-order valence-corrected chi connectivity index (χ2v) is 3.56. The fraction of sp³-hybridized carbons (Fsp3) is 0.500. The molecule has 0 aliphatic carbocycles. The fourth-order valence-electron chi connectivity index (χ4n) is 1.68. The highest BCUT2D eigenvalue weighted by molar-refractivity contribution is 5.82. The lowest BCUT2D eigenvalue weighted by atomic mass is 10.1. The topological polar surface area (TPSA) is 56.9 Å². The van der Waals surface area contributed by atoms with Gasteiger partial charge in [0.15, 0.2) is 0 Å². The molecule has 76 valence electrons. The van der Waals surface area contributed by atoms with Gasteiger partial charge in [0, 0.05) is 25.0 Å². The summed E-state index contributed by atoms with van der Waals surface area (Å²) in [7, 11) is 0. The van der Waals surface area contributed by atoms with Gasteiger partial charge >= 0.3 is 0 Å². The minimum Gasteiger partial charge on any atom is -0.364 e. The van der Waals surface area contributed by atoms with Crippen LogP contribution in [-0.4, -0.2) is 23.5 Å². The number of piperidine rings is 1. The molecule has 2 rings (SSSR count). The van der Waals surface area contributed by atoms with Crippen molar-refractivity contribution in [3.05, 3.63) is 24.0 Å². The largest absolute Gasteiger partial charge is 0.364 e. The molecule has 4 nitrogen and oxygen atoms in total. The van der Waals surface area contributed by atoms with Crippen LogP contribution in [0.15, 0.2) is 18.3 Å². The van der Waals surface area contributed by atoms with Gasteiger partial charge in [-0.3, -0.25) is 4.79 Å². The number of H-pyrrole nitrogens is 1. The van der Waals surface area contributed by atoms with Crippen LogP contribution < -0.4 is 10.6 Å². The SMILES string of the molecule is O=C1NCCCC1NCc1ccc[nH]1. The van der Waals surface area contributed by atoms with Crippen molar-refractivity contribution in [2.45, 2.75) is 25.4 Å². The molecule has 0 spiro atoms. The van der Waals surface area contributed by atoms with E-state index in [0.717, 1.165) is 31.6 Å². The van der Waals surface area contributed by atoms with E-state index in [1.165, 1.54) is 0 Å². The monoisotopic (exact) mass is 193 g/mol. The van der Waals surface area contributed by atoms with Gasteiger partial charge in [0.2, 0.25) is 5.91 Å². The summed E-state index contributed by atoms with van der Waals surface area (Å²) in [6, 6.07) is 3.94. The van der Waals surface area contributed by atoms with Crippen LogP contribution in [-0.2, 0) is 11.3 Å². The second kappa shape index (κ2) is 4.28. The maximum absolute atomic E-state index is 11.4. The number of aromatic nitrogens is 1. The van der Waals surface area contributed by atoms with Gasteiger partial charge in [-0.05, 0) is 25.0 Å². The highest BCUT2D eigenvalue weighted by atomic mass is 16.2. The fourth-order valence-corrected chi connectivity index (χ4v) is 1.68. The molecule has 1 unspecified atom stereocenters. The molecule has 1 aromatic rings. The zero-order valence-corrected chi connectivity index (χ0v) is 8.05. The first-order chi connectivity index (χ1) is 6.86. The number of carbonyl (C=O) groups is 1. The molecular weight excluding hydrogens is 178 g/mol. The lowest BCUT2D eigenvalue weighted by Gasteiger charge is -2.22. The molecule has 0 radical (unpaired) electrons. The van der Waals surface area contributed by atoms with Crippen LogP contribution in [0.25, 0.3) is 0 Å². The van der Waals surface area contributed by atoms with Gasteiger partial charge in [-0.1, -0.05) is 0 Å². The predicted molar refractivity (Wildman–Crippen MR) is 53.7 cm³/mol.